The minimum Gasteiger partial charge on any atom is -0.368 e. The van der Waals surface area contributed by atoms with E-state index in [1.807, 2.05) is 35.2 Å². The number of sulfonamides is 1. The second-order valence-electron chi connectivity index (χ2n) is 7.54. The molecule has 0 unspecified atom stereocenters. The average molecular weight is 434 g/mol. The number of carbonyl (C=O) groups is 1. The summed E-state index contributed by atoms with van der Waals surface area (Å²) in [7, 11) is -3.31. The van der Waals surface area contributed by atoms with Crippen molar-refractivity contribution in [3.8, 4) is 0 Å². The van der Waals surface area contributed by atoms with Gasteiger partial charge in [-0.1, -0.05) is 17.7 Å². The molecular formula is C21H24ClN3O3S. The van der Waals surface area contributed by atoms with E-state index in [1.165, 1.54) is 10.6 Å². The Morgan fingerprint density at radius 1 is 1.00 bits per heavy atom. The lowest BCUT2D eigenvalue weighted by atomic mass is 10.00. The molecule has 0 aliphatic carbocycles. The fraction of sp³-hybridized carbons (Fsp3) is 0.381. The van der Waals surface area contributed by atoms with E-state index in [0.29, 0.717) is 35.9 Å². The molecule has 0 N–H and O–H groups in total. The lowest BCUT2D eigenvalue weighted by Gasteiger charge is -2.36. The zero-order valence-corrected chi connectivity index (χ0v) is 17.9. The molecule has 0 aromatic heterocycles. The molecule has 8 heteroatoms. The van der Waals surface area contributed by atoms with Gasteiger partial charge in [-0.05, 0) is 54.8 Å². The summed E-state index contributed by atoms with van der Waals surface area (Å²) < 4.78 is 25.5. The van der Waals surface area contributed by atoms with E-state index < -0.39 is 10.0 Å². The van der Waals surface area contributed by atoms with E-state index in [2.05, 4.69) is 4.90 Å². The van der Waals surface area contributed by atoms with Crippen molar-refractivity contribution in [3.63, 3.8) is 0 Å². The van der Waals surface area contributed by atoms with Gasteiger partial charge < -0.3 is 9.80 Å². The Bertz CT molecular complexity index is 1030. The van der Waals surface area contributed by atoms with E-state index in [4.69, 9.17) is 11.6 Å². The highest BCUT2D eigenvalue weighted by Gasteiger charge is 2.27. The predicted octanol–water partition coefficient (Wildman–Crippen LogP) is 3.01. The van der Waals surface area contributed by atoms with Crippen molar-refractivity contribution in [3.05, 3.63) is 58.6 Å². The highest BCUT2D eigenvalue weighted by molar-refractivity contribution is 7.92. The van der Waals surface area contributed by atoms with Gasteiger partial charge in [0.1, 0.15) is 0 Å². The first-order chi connectivity index (χ1) is 13.8. The van der Waals surface area contributed by atoms with E-state index >= 15 is 0 Å². The van der Waals surface area contributed by atoms with E-state index in [9.17, 15) is 13.2 Å². The maximum Gasteiger partial charge on any atom is 0.253 e. The highest BCUT2D eigenvalue weighted by atomic mass is 35.5. The second kappa shape index (κ2) is 7.88. The second-order valence-corrected chi connectivity index (χ2v) is 9.88. The molecule has 2 aliphatic rings. The minimum atomic E-state index is -3.31. The number of hydrogen-bond acceptors (Lipinski definition) is 4. The Hall–Kier alpha value is -2.25. The third-order valence-electron chi connectivity index (χ3n) is 5.54. The molecule has 2 aromatic carbocycles. The van der Waals surface area contributed by atoms with Gasteiger partial charge in [-0.3, -0.25) is 9.10 Å². The number of nitrogens with zero attached hydrogens (tertiary/aromatic N) is 3. The third kappa shape index (κ3) is 4.21. The topological polar surface area (TPSA) is 60.9 Å². The number of benzene rings is 2. The van der Waals surface area contributed by atoms with Crippen LogP contribution in [0.5, 0.6) is 0 Å². The van der Waals surface area contributed by atoms with Gasteiger partial charge in [0.05, 0.1) is 11.9 Å². The summed E-state index contributed by atoms with van der Waals surface area (Å²) in [6.07, 6.45) is 2.77. The quantitative estimate of drug-likeness (QED) is 0.746. The van der Waals surface area contributed by atoms with Crippen LogP contribution in [0, 0.1) is 0 Å². The first-order valence-electron chi connectivity index (χ1n) is 9.73. The molecule has 4 rings (SSSR count). The molecule has 2 heterocycles. The molecular weight excluding hydrogens is 410 g/mol. The summed E-state index contributed by atoms with van der Waals surface area (Å²) in [5.74, 6) is -0.00461. The van der Waals surface area contributed by atoms with Crippen LogP contribution in [0.4, 0.5) is 11.4 Å². The molecule has 154 valence electrons. The zero-order valence-electron chi connectivity index (χ0n) is 16.3. The summed E-state index contributed by atoms with van der Waals surface area (Å²) in [4.78, 5) is 17.1. The SMILES string of the molecule is CS(=O)(=O)N1CCCc2cc(C(=O)N3CCN(c4cccc(Cl)c4)CC3)ccc21. The normalized spacial score (nSPS) is 17.2. The number of halogens is 1. The van der Waals surface area contributed by atoms with Gasteiger partial charge in [-0.2, -0.15) is 0 Å². The largest absolute Gasteiger partial charge is 0.368 e. The summed E-state index contributed by atoms with van der Waals surface area (Å²) in [6, 6.07) is 13.1. The molecule has 1 saturated heterocycles. The van der Waals surface area contributed by atoms with Crippen LogP contribution in [0.3, 0.4) is 0 Å². The summed E-state index contributed by atoms with van der Waals surface area (Å²) in [5.41, 5.74) is 3.31. The Morgan fingerprint density at radius 2 is 1.76 bits per heavy atom. The zero-order chi connectivity index (χ0) is 20.6. The van der Waals surface area contributed by atoms with Gasteiger partial charge in [-0.25, -0.2) is 8.42 Å². The van der Waals surface area contributed by atoms with Crippen LogP contribution in [-0.2, 0) is 16.4 Å². The van der Waals surface area contributed by atoms with Gasteiger partial charge in [-0.15, -0.1) is 0 Å². The van der Waals surface area contributed by atoms with Gasteiger partial charge in [0.15, 0.2) is 0 Å². The maximum absolute atomic E-state index is 13.0. The molecule has 0 bridgehead atoms. The summed E-state index contributed by atoms with van der Waals surface area (Å²) in [6.45, 7) is 3.26. The lowest BCUT2D eigenvalue weighted by Crippen LogP contribution is -2.48. The molecule has 0 radical (unpaired) electrons. The van der Waals surface area contributed by atoms with Gasteiger partial charge in [0.25, 0.3) is 5.91 Å². The number of piperazine rings is 1. The van der Waals surface area contributed by atoms with Crippen molar-refractivity contribution in [1.29, 1.82) is 0 Å². The standard InChI is InChI=1S/C21H24ClN3O3S/c1-29(27,28)25-9-3-4-16-14-17(7-8-20(16)25)21(26)24-12-10-23(11-13-24)19-6-2-5-18(22)15-19/h2,5-8,14-15H,3-4,9-13H2,1H3. The first kappa shape index (κ1) is 20.0. The number of anilines is 2. The van der Waals surface area contributed by atoms with Crippen molar-refractivity contribution in [2.75, 3.05) is 48.2 Å². The molecule has 29 heavy (non-hydrogen) atoms. The van der Waals surface area contributed by atoms with Crippen molar-refractivity contribution in [2.24, 2.45) is 0 Å². The Balaban J connectivity index is 1.47. The Kier molecular flexibility index (Phi) is 5.44. The molecule has 6 nitrogen and oxygen atoms in total. The number of hydrogen-bond donors (Lipinski definition) is 0. The van der Waals surface area contributed by atoms with Crippen molar-refractivity contribution >= 4 is 38.9 Å². The van der Waals surface area contributed by atoms with Crippen LogP contribution in [-0.4, -0.2) is 58.2 Å². The smallest absolute Gasteiger partial charge is 0.253 e. The van der Waals surface area contributed by atoms with Gasteiger partial charge in [0.2, 0.25) is 10.0 Å². The summed E-state index contributed by atoms with van der Waals surface area (Å²) in [5, 5.41) is 0.707. The van der Waals surface area contributed by atoms with Crippen molar-refractivity contribution < 1.29 is 13.2 Å². The highest BCUT2D eigenvalue weighted by Crippen LogP contribution is 2.30. The predicted molar refractivity (Wildman–Crippen MR) is 117 cm³/mol. The fourth-order valence-electron chi connectivity index (χ4n) is 4.06. The monoisotopic (exact) mass is 433 g/mol. The molecule has 2 aliphatic heterocycles. The lowest BCUT2D eigenvalue weighted by molar-refractivity contribution is 0.0746. The number of carbonyl (C=O) groups excluding carboxylic acids is 1. The van der Waals surface area contributed by atoms with E-state index in [1.54, 1.807) is 12.1 Å². The van der Waals surface area contributed by atoms with Crippen LogP contribution in [0.1, 0.15) is 22.3 Å². The molecule has 0 saturated carbocycles. The molecule has 0 atom stereocenters. The van der Waals surface area contributed by atoms with Crippen molar-refractivity contribution in [2.45, 2.75) is 12.8 Å². The van der Waals surface area contributed by atoms with Gasteiger partial charge >= 0.3 is 0 Å². The van der Waals surface area contributed by atoms with Crippen LogP contribution >= 0.6 is 11.6 Å². The minimum absolute atomic E-state index is 0.00461. The van der Waals surface area contributed by atoms with E-state index in [-0.39, 0.29) is 5.91 Å². The first-order valence-corrected chi connectivity index (χ1v) is 12.0. The van der Waals surface area contributed by atoms with Gasteiger partial charge in [0, 0.05) is 49.0 Å². The number of fused-ring (bicyclic) bond motifs is 1. The number of amides is 1. The van der Waals surface area contributed by atoms with Crippen molar-refractivity contribution in [1.82, 2.24) is 4.90 Å². The molecule has 0 spiro atoms. The molecule has 2 aromatic rings. The third-order valence-corrected chi connectivity index (χ3v) is 6.96. The Morgan fingerprint density at radius 3 is 2.45 bits per heavy atom. The number of rotatable bonds is 3. The molecule has 1 amide bonds. The summed E-state index contributed by atoms with van der Waals surface area (Å²) >= 11 is 6.09. The Labute approximate surface area is 176 Å². The van der Waals surface area contributed by atoms with Crippen LogP contribution in [0.25, 0.3) is 0 Å². The van der Waals surface area contributed by atoms with Crippen LogP contribution in [0.2, 0.25) is 5.02 Å². The number of aryl methyl sites for hydroxylation is 1. The molecule has 1 fully saturated rings. The van der Waals surface area contributed by atoms with E-state index in [0.717, 1.165) is 37.2 Å². The fourth-order valence-corrected chi connectivity index (χ4v) is 5.24. The van der Waals surface area contributed by atoms with Crippen LogP contribution < -0.4 is 9.21 Å². The maximum atomic E-state index is 13.0. The average Bonchev–Trinajstić information content (AvgIpc) is 2.72. The van der Waals surface area contributed by atoms with Crippen LogP contribution in [0.15, 0.2) is 42.5 Å².